The maximum absolute atomic E-state index is 11.3. The van der Waals surface area contributed by atoms with E-state index < -0.39 is 11.9 Å². The van der Waals surface area contributed by atoms with E-state index in [0.717, 1.165) is 12.8 Å². The molecule has 20 heavy (non-hydrogen) atoms. The fraction of sp³-hybridized carbons (Fsp3) is 0.500. The van der Waals surface area contributed by atoms with Crippen molar-refractivity contribution in [2.75, 3.05) is 0 Å². The van der Waals surface area contributed by atoms with E-state index in [0.29, 0.717) is 11.1 Å². The molecule has 2 unspecified atom stereocenters. The zero-order chi connectivity index (χ0) is 15.4. The number of benzene rings is 1. The molecule has 2 atom stereocenters. The van der Waals surface area contributed by atoms with Crippen LogP contribution < -0.4 is 10.2 Å². The second-order valence-corrected chi connectivity index (χ2v) is 5.18. The minimum atomic E-state index is -1.27. The van der Waals surface area contributed by atoms with Crippen molar-refractivity contribution in [2.45, 2.75) is 52.4 Å². The first-order chi connectivity index (χ1) is 9.34. The maximum atomic E-state index is 11.3. The SMILES string of the molecule is CCC(C)c1c(C(=O)[O-])ccc(C(=O)[O-])c1C(C)CC. The van der Waals surface area contributed by atoms with Gasteiger partial charge in [0.2, 0.25) is 0 Å². The molecule has 0 radical (unpaired) electrons. The first kappa shape index (κ1) is 16.2. The molecule has 0 N–H and O–H groups in total. The summed E-state index contributed by atoms with van der Waals surface area (Å²) in [4.78, 5) is 22.6. The molecule has 0 aromatic heterocycles. The summed E-state index contributed by atoms with van der Waals surface area (Å²) >= 11 is 0. The van der Waals surface area contributed by atoms with Gasteiger partial charge in [-0.2, -0.15) is 0 Å². The number of hydrogen-bond acceptors (Lipinski definition) is 4. The van der Waals surface area contributed by atoms with Gasteiger partial charge in [0.1, 0.15) is 0 Å². The molecule has 0 aliphatic heterocycles. The quantitative estimate of drug-likeness (QED) is 0.787. The number of hydrogen-bond donors (Lipinski definition) is 0. The summed E-state index contributed by atoms with van der Waals surface area (Å²) in [6.07, 6.45) is 1.44. The van der Waals surface area contributed by atoms with Gasteiger partial charge in [0, 0.05) is 11.1 Å². The first-order valence-electron chi connectivity index (χ1n) is 6.94. The van der Waals surface area contributed by atoms with Crippen LogP contribution in [-0.2, 0) is 0 Å². The number of carbonyl (C=O) groups is 2. The number of rotatable bonds is 6. The van der Waals surface area contributed by atoms with Gasteiger partial charge in [0.15, 0.2) is 0 Å². The molecule has 0 spiro atoms. The predicted molar refractivity (Wildman–Crippen MR) is 72.5 cm³/mol. The van der Waals surface area contributed by atoms with Gasteiger partial charge in [0.05, 0.1) is 11.9 Å². The predicted octanol–water partition coefficient (Wildman–Crippen LogP) is 1.44. The Labute approximate surface area is 119 Å². The summed E-state index contributed by atoms with van der Waals surface area (Å²) in [5.41, 5.74) is 1.31. The Morgan fingerprint density at radius 3 is 1.40 bits per heavy atom. The average molecular weight is 276 g/mol. The lowest BCUT2D eigenvalue weighted by Gasteiger charge is -2.26. The van der Waals surface area contributed by atoms with Crippen LogP contribution >= 0.6 is 0 Å². The molecular weight excluding hydrogens is 256 g/mol. The minimum absolute atomic E-state index is 0.0498. The van der Waals surface area contributed by atoms with Gasteiger partial charge in [-0.15, -0.1) is 0 Å². The lowest BCUT2D eigenvalue weighted by Crippen LogP contribution is -2.29. The highest BCUT2D eigenvalue weighted by Gasteiger charge is 2.21. The zero-order valence-electron chi connectivity index (χ0n) is 12.4. The van der Waals surface area contributed by atoms with Crippen LogP contribution in [0.25, 0.3) is 0 Å². The Hall–Kier alpha value is -1.84. The van der Waals surface area contributed by atoms with Crippen LogP contribution in [0.3, 0.4) is 0 Å². The number of carboxylic acids is 2. The van der Waals surface area contributed by atoms with Crippen molar-refractivity contribution in [1.29, 1.82) is 0 Å². The monoisotopic (exact) mass is 276 g/mol. The standard InChI is InChI=1S/C16H22O4/c1-5-9(3)13-11(15(17)18)7-8-12(16(19)20)14(13)10(4)6-2/h7-10H,5-6H2,1-4H3,(H,17,18)(H,19,20)/p-2. The van der Waals surface area contributed by atoms with Crippen LogP contribution in [0.15, 0.2) is 12.1 Å². The van der Waals surface area contributed by atoms with Crippen LogP contribution in [0.5, 0.6) is 0 Å². The minimum Gasteiger partial charge on any atom is -0.545 e. The highest BCUT2D eigenvalue weighted by Crippen LogP contribution is 2.35. The van der Waals surface area contributed by atoms with Crippen molar-refractivity contribution >= 4 is 11.9 Å². The Bertz CT molecular complexity index is 472. The van der Waals surface area contributed by atoms with Crippen LogP contribution in [-0.4, -0.2) is 11.9 Å². The van der Waals surface area contributed by atoms with Crippen molar-refractivity contribution < 1.29 is 19.8 Å². The van der Waals surface area contributed by atoms with E-state index in [1.807, 2.05) is 27.7 Å². The highest BCUT2D eigenvalue weighted by molar-refractivity contribution is 5.94. The van der Waals surface area contributed by atoms with Gasteiger partial charge >= 0.3 is 0 Å². The summed E-state index contributed by atoms with van der Waals surface area (Å²) in [6.45, 7) is 7.67. The fourth-order valence-electron chi connectivity index (χ4n) is 2.46. The van der Waals surface area contributed by atoms with Gasteiger partial charge in [-0.25, -0.2) is 0 Å². The van der Waals surface area contributed by atoms with Gasteiger partial charge in [0.25, 0.3) is 0 Å². The molecule has 0 saturated carbocycles. The van der Waals surface area contributed by atoms with Crippen LogP contribution in [0.4, 0.5) is 0 Å². The van der Waals surface area contributed by atoms with E-state index in [1.54, 1.807) is 0 Å². The van der Waals surface area contributed by atoms with Crippen LogP contribution in [0.1, 0.15) is 84.2 Å². The number of carboxylic acid groups (broad SMARTS) is 2. The largest absolute Gasteiger partial charge is 0.545 e. The molecule has 0 aliphatic carbocycles. The Balaban J connectivity index is 3.72. The third-order valence-electron chi connectivity index (χ3n) is 3.94. The molecule has 4 nitrogen and oxygen atoms in total. The molecule has 0 bridgehead atoms. The summed E-state index contributed by atoms with van der Waals surface area (Å²) in [5.74, 6) is -2.64. The molecule has 0 heterocycles. The lowest BCUT2D eigenvalue weighted by molar-refractivity contribution is -0.256. The molecule has 0 amide bonds. The van der Waals surface area contributed by atoms with Crippen molar-refractivity contribution in [3.05, 3.63) is 34.4 Å². The van der Waals surface area contributed by atoms with Crippen molar-refractivity contribution in [3.8, 4) is 0 Å². The normalized spacial score (nSPS) is 13.8. The Morgan fingerprint density at radius 1 is 0.900 bits per heavy atom. The summed E-state index contributed by atoms with van der Waals surface area (Å²) in [5, 5.41) is 22.6. The molecule has 0 saturated heterocycles. The molecule has 0 fully saturated rings. The third-order valence-corrected chi connectivity index (χ3v) is 3.94. The average Bonchev–Trinajstić information content (AvgIpc) is 2.43. The zero-order valence-corrected chi connectivity index (χ0v) is 12.4. The second kappa shape index (κ2) is 6.55. The molecular formula is C16H20O4-2. The van der Waals surface area contributed by atoms with E-state index in [9.17, 15) is 19.8 Å². The van der Waals surface area contributed by atoms with Crippen molar-refractivity contribution in [3.63, 3.8) is 0 Å². The summed E-state index contributed by atoms with van der Waals surface area (Å²) < 4.78 is 0. The van der Waals surface area contributed by atoms with Crippen LogP contribution in [0.2, 0.25) is 0 Å². The number of aromatic carboxylic acids is 2. The first-order valence-corrected chi connectivity index (χ1v) is 6.94. The van der Waals surface area contributed by atoms with Crippen LogP contribution in [0, 0.1) is 0 Å². The molecule has 1 aromatic carbocycles. The van der Waals surface area contributed by atoms with E-state index in [2.05, 4.69) is 0 Å². The molecule has 1 aromatic rings. The Morgan fingerprint density at radius 2 is 1.20 bits per heavy atom. The molecule has 110 valence electrons. The third kappa shape index (κ3) is 3.00. The topological polar surface area (TPSA) is 80.3 Å². The highest BCUT2D eigenvalue weighted by atomic mass is 16.4. The van der Waals surface area contributed by atoms with E-state index in [4.69, 9.17) is 0 Å². The maximum Gasteiger partial charge on any atom is 0.0718 e. The molecule has 0 aliphatic rings. The van der Waals surface area contributed by atoms with E-state index in [-0.39, 0.29) is 23.0 Å². The van der Waals surface area contributed by atoms with Gasteiger partial charge < -0.3 is 19.8 Å². The second-order valence-electron chi connectivity index (χ2n) is 5.18. The summed E-state index contributed by atoms with van der Waals surface area (Å²) in [6, 6.07) is 2.63. The van der Waals surface area contributed by atoms with E-state index >= 15 is 0 Å². The van der Waals surface area contributed by atoms with Crippen molar-refractivity contribution in [2.24, 2.45) is 0 Å². The summed E-state index contributed by atoms with van der Waals surface area (Å²) in [7, 11) is 0. The number of carbonyl (C=O) groups excluding carboxylic acids is 2. The van der Waals surface area contributed by atoms with Crippen molar-refractivity contribution in [1.82, 2.24) is 0 Å². The lowest BCUT2D eigenvalue weighted by atomic mass is 9.80. The molecule has 1 rings (SSSR count). The van der Waals surface area contributed by atoms with Gasteiger partial charge in [-0.05, 0) is 35.8 Å². The van der Waals surface area contributed by atoms with Gasteiger partial charge in [-0.3, -0.25) is 0 Å². The smallest absolute Gasteiger partial charge is 0.0718 e. The van der Waals surface area contributed by atoms with Gasteiger partial charge in [-0.1, -0.05) is 39.8 Å². The van der Waals surface area contributed by atoms with E-state index in [1.165, 1.54) is 12.1 Å². The fourth-order valence-corrected chi connectivity index (χ4v) is 2.46. The molecule has 4 heteroatoms. The Kier molecular flexibility index (Phi) is 5.31.